The fourth-order valence-corrected chi connectivity index (χ4v) is 38.7. The molecule has 0 fully saturated rings. The molecule has 10 heteroatoms. The summed E-state index contributed by atoms with van der Waals surface area (Å²) in [6.07, 6.45) is 0. The maximum atomic E-state index is 5.78. The summed E-state index contributed by atoms with van der Waals surface area (Å²) in [7, 11) is 1.42. The Morgan fingerprint density at radius 2 is 0.929 bits per heavy atom. The van der Waals surface area contributed by atoms with Crippen molar-refractivity contribution in [1.82, 2.24) is 0 Å². The molecule has 80 valence electrons. The molecule has 0 aliphatic rings. The molecular weight excluding hydrogens is 373 g/mol. The molecule has 0 aromatic heterocycles. The van der Waals surface area contributed by atoms with Crippen LogP contribution in [0.15, 0.2) is 0 Å². The molecule has 0 heterocycles. The van der Waals surface area contributed by atoms with Gasteiger partial charge in [0.1, 0.15) is 0 Å². The molecular formula is C4H6Cl6Si4. The van der Waals surface area contributed by atoms with Crippen LogP contribution >= 0.6 is 69.6 Å². The van der Waals surface area contributed by atoms with Crippen LogP contribution in [0.5, 0.6) is 0 Å². The summed E-state index contributed by atoms with van der Waals surface area (Å²) in [6.45, 7) is 0.501. The summed E-state index contributed by atoms with van der Waals surface area (Å²) in [6, 6.07) is 0. The van der Waals surface area contributed by atoms with Crippen LogP contribution in [0.2, 0.25) is 6.55 Å². The van der Waals surface area contributed by atoms with E-state index in [1.165, 1.54) is 0 Å². The molecule has 0 bridgehead atoms. The summed E-state index contributed by atoms with van der Waals surface area (Å²) in [4.78, 5) is 0. The van der Waals surface area contributed by atoms with Crippen LogP contribution in [0, 0.1) is 0 Å². The maximum absolute atomic E-state index is 5.78. The predicted molar refractivity (Wildman–Crippen MR) is 75.4 cm³/mol. The number of hydrogen-bond acceptors (Lipinski definition) is 0. The molecule has 0 saturated heterocycles. The summed E-state index contributed by atoms with van der Waals surface area (Å²) in [5.41, 5.74) is 0. The molecule has 14 heavy (non-hydrogen) atoms. The zero-order valence-electron chi connectivity index (χ0n) is 7.00. The topological polar surface area (TPSA) is 0 Å². The van der Waals surface area contributed by atoms with Gasteiger partial charge >= 0.3 is 0 Å². The number of halogens is 6. The van der Waals surface area contributed by atoms with Gasteiger partial charge in [-0.25, -0.2) is 0 Å². The van der Waals surface area contributed by atoms with Gasteiger partial charge in [0.2, 0.25) is 0 Å². The Bertz CT molecular complexity index is 137. The van der Waals surface area contributed by atoms with E-state index in [1.54, 1.807) is 0 Å². The van der Waals surface area contributed by atoms with Crippen LogP contribution in [0.4, 0.5) is 0 Å². The standard InChI is InChI=1S/C4H6Cl6Si4/c1-14(11-2(5)6,12-3(7)8)13-4(9)10/h2-4H,1H3. The molecule has 0 rings (SSSR count). The SMILES string of the molecule is C[Si]([Si]C(Cl)Cl)([Si]C(Cl)Cl)[Si]C(Cl)Cl. The van der Waals surface area contributed by atoms with Crippen LogP contribution < -0.4 is 0 Å². The maximum Gasteiger partial charge on any atom is 0.0897 e. The molecule has 0 N–H and O–H groups in total. The van der Waals surface area contributed by atoms with E-state index in [4.69, 9.17) is 69.6 Å². The van der Waals surface area contributed by atoms with Crippen molar-refractivity contribution >= 4 is 103 Å². The van der Waals surface area contributed by atoms with Gasteiger partial charge in [-0.3, -0.25) is 0 Å². The Hall–Kier alpha value is 2.61. The molecule has 0 nitrogen and oxygen atoms in total. The van der Waals surface area contributed by atoms with Crippen molar-refractivity contribution in [2.75, 3.05) is 0 Å². The van der Waals surface area contributed by atoms with Gasteiger partial charge in [0, 0.05) is 6.63 Å². The van der Waals surface area contributed by atoms with Gasteiger partial charge < -0.3 is 0 Å². The van der Waals surface area contributed by atoms with Gasteiger partial charge in [0.05, 0.1) is 40.5 Å². The van der Waals surface area contributed by atoms with Gasteiger partial charge in [-0.05, 0) is 0 Å². The van der Waals surface area contributed by atoms with Crippen LogP contribution in [-0.4, -0.2) is 47.1 Å². The third kappa shape index (κ3) is 8.72. The molecule has 0 amide bonds. The summed E-state index contributed by atoms with van der Waals surface area (Å²) in [5.74, 6) is 0. The second kappa shape index (κ2) is 7.84. The van der Waals surface area contributed by atoms with Gasteiger partial charge in [-0.15, -0.1) is 69.6 Å². The van der Waals surface area contributed by atoms with E-state index in [2.05, 4.69) is 6.55 Å². The van der Waals surface area contributed by atoms with E-state index in [-0.39, 0.29) is 13.4 Å². The number of rotatable bonds is 6. The van der Waals surface area contributed by atoms with Crippen molar-refractivity contribution in [3.63, 3.8) is 0 Å². The fourth-order valence-electron chi connectivity index (χ4n) is 0.780. The molecule has 0 aromatic carbocycles. The minimum absolute atomic E-state index is 0.356. The van der Waals surface area contributed by atoms with Crippen molar-refractivity contribution in [2.24, 2.45) is 0 Å². The van der Waals surface area contributed by atoms with Gasteiger partial charge in [-0.2, -0.15) is 0 Å². The first-order valence-corrected chi connectivity index (χ1v) is 14.8. The second-order valence-electron chi connectivity index (χ2n) is 2.46. The van der Waals surface area contributed by atoms with Gasteiger partial charge in [0.15, 0.2) is 0 Å². The zero-order valence-corrected chi connectivity index (χ0v) is 15.5. The fraction of sp³-hybridized carbons (Fsp3) is 1.00. The lowest BCUT2D eigenvalue weighted by molar-refractivity contribution is 1.87. The molecule has 6 radical (unpaired) electrons. The average molecular weight is 379 g/mol. The third-order valence-corrected chi connectivity index (χ3v) is 24.4. The van der Waals surface area contributed by atoms with Crippen molar-refractivity contribution in [1.29, 1.82) is 0 Å². The Morgan fingerprint density at radius 1 is 0.714 bits per heavy atom. The largest absolute Gasteiger partial charge is 0.110 e. The van der Waals surface area contributed by atoms with Gasteiger partial charge in [-0.1, -0.05) is 6.55 Å². The van der Waals surface area contributed by atoms with E-state index >= 15 is 0 Å². The Balaban J connectivity index is 4.32. The first kappa shape index (κ1) is 16.6. The summed E-state index contributed by atoms with van der Waals surface area (Å²) >= 11 is 34.7. The molecule has 0 atom stereocenters. The highest BCUT2D eigenvalue weighted by Crippen LogP contribution is 2.15. The predicted octanol–water partition coefficient (Wildman–Crippen LogP) is 2.95. The molecule has 0 aromatic rings. The number of alkyl halides is 6. The van der Waals surface area contributed by atoms with Crippen LogP contribution in [0.3, 0.4) is 0 Å². The lowest BCUT2D eigenvalue weighted by atomic mass is 11.9. The van der Waals surface area contributed by atoms with Crippen molar-refractivity contribution in [2.45, 2.75) is 19.9 Å². The van der Waals surface area contributed by atoms with E-state index in [1.807, 2.05) is 0 Å². The van der Waals surface area contributed by atoms with Crippen LogP contribution in [0.1, 0.15) is 0 Å². The van der Waals surface area contributed by atoms with E-state index in [0.29, 0.717) is 27.1 Å². The molecule has 0 aliphatic carbocycles. The van der Waals surface area contributed by atoms with E-state index in [0.717, 1.165) is 0 Å². The second-order valence-corrected chi connectivity index (χ2v) is 28.9. The smallest absolute Gasteiger partial charge is 0.0897 e. The average Bonchev–Trinajstić information content (AvgIpc) is 1.76. The first-order valence-electron chi connectivity index (χ1n) is 3.43. The highest BCUT2D eigenvalue weighted by molar-refractivity contribution is 7.72. The van der Waals surface area contributed by atoms with Gasteiger partial charge in [0.25, 0.3) is 0 Å². The van der Waals surface area contributed by atoms with E-state index < -0.39 is 6.63 Å². The van der Waals surface area contributed by atoms with Crippen molar-refractivity contribution < 1.29 is 0 Å². The molecule has 0 aliphatic heterocycles. The highest BCUT2D eigenvalue weighted by Gasteiger charge is 2.35. The minimum Gasteiger partial charge on any atom is -0.110 e. The molecule has 0 saturated carbocycles. The third-order valence-electron chi connectivity index (χ3n) is 1.19. The monoisotopic (exact) mass is 376 g/mol. The van der Waals surface area contributed by atoms with Crippen LogP contribution in [0.25, 0.3) is 0 Å². The number of hydrogen-bond donors (Lipinski definition) is 0. The normalized spacial score (nSPS) is 13.3. The molecule has 0 spiro atoms. The highest BCUT2D eigenvalue weighted by atomic mass is 35.5. The van der Waals surface area contributed by atoms with E-state index in [9.17, 15) is 0 Å². The minimum atomic E-state index is -1.65. The van der Waals surface area contributed by atoms with Crippen LogP contribution in [-0.2, 0) is 0 Å². The lowest BCUT2D eigenvalue weighted by Gasteiger charge is -2.26. The zero-order chi connectivity index (χ0) is 11.4. The quantitative estimate of drug-likeness (QED) is 0.492. The molecule has 0 unspecified atom stereocenters. The van der Waals surface area contributed by atoms with Crippen molar-refractivity contribution in [3.8, 4) is 0 Å². The first-order chi connectivity index (χ1) is 6.25. The Morgan fingerprint density at radius 3 is 1.07 bits per heavy atom. The summed E-state index contributed by atoms with van der Waals surface area (Å²) in [5, 5.41) is 0. The summed E-state index contributed by atoms with van der Waals surface area (Å²) < 4.78 is -1.07. The Labute approximate surface area is 122 Å². The lowest BCUT2D eigenvalue weighted by Crippen LogP contribution is -2.58. The Kier molecular flexibility index (Phi) is 9.30. The van der Waals surface area contributed by atoms with Crippen molar-refractivity contribution in [3.05, 3.63) is 0 Å².